The molecular formula is C17H19N3O3. The van der Waals surface area contributed by atoms with Crippen LogP contribution in [0.3, 0.4) is 0 Å². The highest BCUT2D eigenvalue weighted by Crippen LogP contribution is 2.68. The van der Waals surface area contributed by atoms with Crippen LogP contribution in [0.2, 0.25) is 0 Å². The van der Waals surface area contributed by atoms with E-state index in [1.54, 1.807) is 11.1 Å². The number of benzene rings is 1. The van der Waals surface area contributed by atoms with E-state index >= 15 is 0 Å². The summed E-state index contributed by atoms with van der Waals surface area (Å²) in [7, 11) is 0. The summed E-state index contributed by atoms with van der Waals surface area (Å²) in [5.41, 5.74) is 1.17. The number of carbonyl (C=O) groups excluding carboxylic acids is 1. The fourth-order valence-corrected chi connectivity index (χ4v) is 4.27. The number of H-pyrrole nitrogens is 1. The summed E-state index contributed by atoms with van der Waals surface area (Å²) in [6.07, 6.45) is 2.43. The summed E-state index contributed by atoms with van der Waals surface area (Å²) < 4.78 is 0. The van der Waals surface area contributed by atoms with Crippen LogP contribution in [0.25, 0.3) is 0 Å². The second kappa shape index (κ2) is 5.18. The van der Waals surface area contributed by atoms with Gasteiger partial charge in [0.1, 0.15) is 0 Å². The lowest BCUT2D eigenvalue weighted by Gasteiger charge is -2.16. The number of likely N-dealkylation sites (tertiary alicyclic amines) is 1. The van der Waals surface area contributed by atoms with Crippen LogP contribution in [0.5, 0.6) is 0 Å². The van der Waals surface area contributed by atoms with Crippen molar-refractivity contribution in [2.45, 2.75) is 12.0 Å². The normalized spacial score (nSPS) is 32.4. The van der Waals surface area contributed by atoms with E-state index in [9.17, 15) is 15.0 Å². The molecule has 120 valence electrons. The minimum absolute atomic E-state index is 0.0120. The highest BCUT2D eigenvalue weighted by Gasteiger charge is 2.71. The number of amides is 1. The Hall–Kier alpha value is -2.18. The molecule has 4 rings (SSSR count). The summed E-state index contributed by atoms with van der Waals surface area (Å²) in [6, 6.07) is 9.92. The number of aromatic nitrogens is 2. The van der Waals surface area contributed by atoms with E-state index in [1.165, 1.54) is 6.20 Å². The van der Waals surface area contributed by atoms with Crippen LogP contribution in [-0.2, 0) is 0 Å². The maximum Gasteiger partial charge on any atom is 0.257 e. The lowest BCUT2D eigenvalue weighted by molar-refractivity contribution is 0.0764. The van der Waals surface area contributed by atoms with Crippen molar-refractivity contribution in [3.63, 3.8) is 0 Å². The van der Waals surface area contributed by atoms with Crippen molar-refractivity contribution in [1.29, 1.82) is 0 Å². The van der Waals surface area contributed by atoms with Gasteiger partial charge in [0.15, 0.2) is 0 Å². The molecule has 1 amide bonds. The Morgan fingerprint density at radius 1 is 1.39 bits per heavy atom. The minimum atomic E-state index is -0.624. The molecule has 1 aliphatic carbocycles. The summed E-state index contributed by atoms with van der Waals surface area (Å²) in [6.45, 7) is 0.775. The van der Waals surface area contributed by atoms with E-state index in [4.69, 9.17) is 0 Å². The van der Waals surface area contributed by atoms with Gasteiger partial charge in [-0.15, -0.1) is 0 Å². The highest BCUT2D eigenvalue weighted by atomic mass is 16.3. The second-order valence-corrected chi connectivity index (χ2v) is 6.48. The lowest BCUT2D eigenvalue weighted by Crippen LogP contribution is -2.29. The third kappa shape index (κ3) is 2.02. The van der Waals surface area contributed by atoms with Crippen LogP contribution in [-0.4, -0.2) is 57.0 Å². The third-order valence-electron chi connectivity index (χ3n) is 5.43. The van der Waals surface area contributed by atoms with Crippen LogP contribution < -0.4 is 0 Å². The van der Waals surface area contributed by atoms with Crippen molar-refractivity contribution in [3.05, 3.63) is 53.9 Å². The molecule has 2 fully saturated rings. The third-order valence-corrected chi connectivity index (χ3v) is 5.43. The van der Waals surface area contributed by atoms with E-state index in [0.717, 1.165) is 5.56 Å². The first-order valence-electron chi connectivity index (χ1n) is 7.80. The second-order valence-electron chi connectivity index (χ2n) is 6.48. The average molecular weight is 313 g/mol. The molecule has 2 heterocycles. The molecule has 1 aromatic heterocycles. The number of β-amino-alcohol motifs (C(OH)–C–C–N with tert-alkyl or cyclic N) is 1. The Morgan fingerprint density at radius 2 is 2.17 bits per heavy atom. The highest BCUT2D eigenvalue weighted by molar-refractivity contribution is 5.94. The predicted molar refractivity (Wildman–Crippen MR) is 82.7 cm³/mol. The Labute approximate surface area is 133 Å². The molecule has 1 aromatic carbocycles. The van der Waals surface area contributed by atoms with Gasteiger partial charge in [0.25, 0.3) is 5.91 Å². The summed E-state index contributed by atoms with van der Waals surface area (Å²) in [5.74, 6) is -0.0574. The Bertz CT molecular complexity index is 703. The number of carbonyl (C=O) groups is 1. The molecule has 4 atom stereocenters. The standard InChI is InChI=1S/C17H19N3O3/c21-9-13-15(11-4-2-1-3-5-11)17(13)10-20(8-14(17)22)16(23)12-6-18-19-7-12/h1-7,13-15,21-22H,8-10H2,(H,18,19)/t13-,14-,15-,17-/m1/s1. The first kappa shape index (κ1) is 14.4. The smallest absolute Gasteiger partial charge is 0.257 e. The average Bonchev–Trinajstić information content (AvgIpc) is 2.90. The first-order chi connectivity index (χ1) is 11.2. The van der Waals surface area contributed by atoms with Gasteiger partial charge in [-0.1, -0.05) is 30.3 Å². The van der Waals surface area contributed by atoms with Gasteiger partial charge in [-0.2, -0.15) is 5.10 Å². The molecule has 6 nitrogen and oxygen atoms in total. The van der Waals surface area contributed by atoms with Gasteiger partial charge in [-0.25, -0.2) is 0 Å². The number of aliphatic hydroxyl groups excluding tert-OH is 2. The zero-order valence-electron chi connectivity index (χ0n) is 12.6. The Balaban J connectivity index is 1.61. The molecule has 6 heteroatoms. The van der Waals surface area contributed by atoms with Crippen molar-refractivity contribution >= 4 is 5.91 Å². The fourth-order valence-electron chi connectivity index (χ4n) is 4.27. The molecule has 1 saturated heterocycles. The zero-order valence-corrected chi connectivity index (χ0v) is 12.6. The Kier molecular flexibility index (Phi) is 3.25. The maximum absolute atomic E-state index is 12.5. The van der Waals surface area contributed by atoms with Crippen molar-refractivity contribution in [2.75, 3.05) is 19.7 Å². The van der Waals surface area contributed by atoms with Crippen molar-refractivity contribution in [1.82, 2.24) is 15.1 Å². The van der Waals surface area contributed by atoms with Gasteiger partial charge in [-0.3, -0.25) is 9.89 Å². The van der Waals surface area contributed by atoms with Crippen molar-refractivity contribution in [2.24, 2.45) is 11.3 Å². The molecule has 1 saturated carbocycles. The van der Waals surface area contributed by atoms with Gasteiger partial charge >= 0.3 is 0 Å². The van der Waals surface area contributed by atoms with Gasteiger partial charge in [0, 0.05) is 31.3 Å². The Morgan fingerprint density at radius 3 is 2.83 bits per heavy atom. The topological polar surface area (TPSA) is 89.5 Å². The maximum atomic E-state index is 12.5. The molecule has 0 unspecified atom stereocenters. The molecule has 1 aliphatic heterocycles. The molecular weight excluding hydrogens is 294 g/mol. The SMILES string of the molecule is O=C(c1cn[nH]c1)N1C[C@@H](O)[C@@]2(C1)[C@H](CO)[C@H]2c1ccccc1. The van der Waals surface area contributed by atoms with E-state index < -0.39 is 11.5 Å². The number of hydrogen-bond donors (Lipinski definition) is 3. The van der Waals surface area contributed by atoms with E-state index in [2.05, 4.69) is 10.2 Å². The number of rotatable bonds is 3. The molecule has 2 aliphatic rings. The van der Waals surface area contributed by atoms with Crippen LogP contribution in [0, 0.1) is 11.3 Å². The lowest BCUT2D eigenvalue weighted by atomic mass is 9.95. The fraction of sp³-hybridized carbons (Fsp3) is 0.412. The number of nitrogens with one attached hydrogen (secondary N) is 1. The number of aliphatic hydroxyl groups is 2. The first-order valence-corrected chi connectivity index (χ1v) is 7.80. The predicted octanol–water partition coefficient (Wildman–Crippen LogP) is 0.619. The zero-order chi connectivity index (χ0) is 16.0. The van der Waals surface area contributed by atoms with Gasteiger partial charge in [0.2, 0.25) is 0 Å². The van der Waals surface area contributed by atoms with Gasteiger partial charge < -0.3 is 15.1 Å². The van der Waals surface area contributed by atoms with Crippen molar-refractivity contribution in [3.8, 4) is 0 Å². The quantitative estimate of drug-likeness (QED) is 0.775. The number of aromatic amines is 1. The van der Waals surface area contributed by atoms with Crippen LogP contribution in [0.15, 0.2) is 42.7 Å². The number of nitrogens with zero attached hydrogens (tertiary/aromatic N) is 2. The summed E-state index contributed by atoms with van der Waals surface area (Å²) in [5, 5.41) is 26.8. The van der Waals surface area contributed by atoms with Crippen molar-refractivity contribution < 1.29 is 15.0 Å². The van der Waals surface area contributed by atoms with E-state index in [1.807, 2.05) is 30.3 Å². The molecule has 3 N–H and O–H groups in total. The molecule has 0 radical (unpaired) electrons. The van der Waals surface area contributed by atoms with Crippen LogP contribution in [0.1, 0.15) is 21.8 Å². The van der Waals surface area contributed by atoms with Crippen LogP contribution in [0.4, 0.5) is 0 Å². The summed E-state index contributed by atoms with van der Waals surface area (Å²) >= 11 is 0. The summed E-state index contributed by atoms with van der Waals surface area (Å²) in [4.78, 5) is 14.2. The molecule has 2 aromatic rings. The van der Waals surface area contributed by atoms with Crippen LogP contribution >= 0.6 is 0 Å². The van der Waals surface area contributed by atoms with Gasteiger partial charge in [-0.05, 0) is 17.4 Å². The number of hydrogen-bond acceptors (Lipinski definition) is 4. The van der Waals surface area contributed by atoms with E-state index in [-0.39, 0.29) is 24.3 Å². The van der Waals surface area contributed by atoms with Gasteiger partial charge in [0.05, 0.1) is 17.9 Å². The van der Waals surface area contributed by atoms with E-state index in [0.29, 0.717) is 18.7 Å². The minimum Gasteiger partial charge on any atom is -0.396 e. The molecule has 1 spiro atoms. The largest absolute Gasteiger partial charge is 0.396 e. The molecule has 23 heavy (non-hydrogen) atoms. The molecule has 0 bridgehead atoms. The monoisotopic (exact) mass is 313 g/mol.